The van der Waals surface area contributed by atoms with Crippen LogP contribution in [-0.4, -0.2) is 16.2 Å². The van der Waals surface area contributed by atoms with Crippen LogP contribution in [0.3, 0.4) is 0 Å². The molecule has 0 N–H and O–H groups in total. The predicted molar refractivity (Wildman–Crippen MR) is 99.0 cm³/mol. The van der Waals surface area contributed by atoms with Crippen LogP contribution in [0.1, 0.15) is 0 Å². The van der Waals surface area contributed by atoms with Crippen molar-refractivity contribution < 1.29 is 0 Å². The van der Waals surface area contributed by atoms with E-state index in [0.29, 0.717) is 0 Å². The third kappa shape index (κ3) is 3.24. The quantitative estimate of drug-likeness (QED) is 0.575. The van der Waals surface area contributed by atoms with E-state index >= 15 is 0 Å². The second-order valence-corrected chi connectivity index (χ2v) is 12.0. The van der Waals surface area contributed by atoms with Gasteiger partial charge in [0.25, 0.3) is 0 Å². The number of hydrogen-bond donors (Lipinski definition) is 0. The molecule has 0 atom stereocenters. The van der Waals surface area contributed by atoms with E-state index in [0.717, 1.165) is 15.1 Å². The van der Waals surface area contributed by atoms with Gasteiger partial charge in [-0.2, -0.15) is 0 Å². The van der Waals surface area contributed by atoms with Gasteiger partial charge in [0.2, 0.25) is 0 Å². The Hall–Kier alpha value is -0.834. The van der Waals surface area contributed by atoms with Gasteiger partial charge in [-0.3, -0.25) is 0 Å². The van der Waals surface area contributed by atoms with Gasteiger partial charge in [0.15, 0.2) is 0 Å². The first-order valence-electron chi connectivity index (χ1n) is 6.92. The van der Waals surface area contributed by atoms with Crippen LogP contribution in [0.25, 0.3) is 0 Å². The predicted octanol–water partition coefficient (Wildman–Crippen LogP) is 4.16. The molecular formula is C18H12Cl3Ga. The molecule has 0 amide bonds. The SMILES string of the molecule is Clc1cccc[c]1[Ga]([c]1ccccc1Cl)[c]1ccccc1Cl. The van der Waals surface area contributed by atoms with Crippen molar-refractivity contribution in [3.63, 3.8) is 0 Å². The Balaban J connectivity index is 2.27. The summed E-state index contributed by atoms with van der Waals surface area (Å²) in [6.07, 6.45) is 0. The van der Waals surface area contributed by atoms with Gasteiger partial charge in [-0.05, 0) is 0 Å². The van der Waals surface area contributed by atoms with Gasteiger partial charge in [0.1, 0.15) is 0 Å². The van der Waals surface area contributed by atoms with Crippen LogP contribution in [-0.2, 0) is 0 Å². The summed E-state index contributed by atoms with van der Waals surface area (Å²) in [5, 5.41) is 2.35. The van der Waals surface area contributed by atoms with E-state index in [4.69, 9.17) is 34.8 Å². The summed E-state index contributed by atoms with van der Waals surface area (Å²) >= 11 is 17.0. The zero-order valence-electron chi connectivity index (χ0n) is 11.6. The molecule has 3 aromatic carbocycles. The molecule has 0 aliphatic rings. The summed E-state index contributed by atoms with van der Waals surface area (Å²) in [5.74, 6) is 0. The molecule has 0 nitrogen and oxygen atoms in total. The third-order valence-electron chi connectivity index (χ3n) is 3.65. The van der Waals surface area contributed by atoms with Crippen molar-refractivity contribution in [2.24, 2.45) is 0 Å². The zero-order valence-corrected chi connectivity index (χ0v) is 16.3. The average molecular weight is 404 g/mol. The molecule has 0 fully saturated rings. The Morgan fingerprint density at radius 2 is 0.727 bits per heavy atom. The van der Waals surface area contributed by atoms with Gasteiger partial charge in [-0.25, -0.2) is 0 Å². The molecule has 0 bridgehead atoms. The van der Waals surface area contributed by atoms with Gasteiger partial charge in [-0.1, -0.05) is 0 Å². The first-order chi connectivity index (χ1) is 10.7. The van der Waals surface area contributed by atoms with Crippen molar-refractivity contribution in [2.45, 2.75) is 0 Å². The topological polar surface area (TPSA) is 0 Å². The summed E-state index contributed by atoms with van der Waals surface area (Å²) in [7, 11) is 0. The number of halogens is 3. The van der Waals surface area contributed by atoms with E-state index in [1.807, 2.05) is 54.6 Å². The van der Waals surface area contributed by atoms with Gasteiger partial charge >= 0.3 is 151 Å². The Kier molecular flexibility index (Phi) is 5.22. The molecule has 22 heavy (non-hydrogen) atoms. The normalized spacial score (nSPS) is 10.5. The van der Waals surface area contributed by atoms with Crippen molar-refractivity contribution in [3.8, 4) is 0 Å². The molecule has 3 aromatic rings. The maximum absolute atomic E-state index is 6.48. The third-order valence-corrected chi connectivity index (χ3v) is 12.9. The standard InChI is InChI=1S/3C6H4Cl.Ga/c3*7-6-4-2-1-3-5-6;/h3*1-4H;. The summed E-state index contributed by atoms with van der Waals surface area (Å²) in [6, 6.07) is 24.0. The number of benzene rings is 3. The molecule has 3 rings (SSSR count). The van der Waals surface area contributed by atoms with Crippen molar-refractivity contribution in [2.75, 3.05) is 0 Å². The van der Waals surface area contributed by atoms with E-state index in [2.05, 4.69) is 18.2 Å². The van der Waals surface area contributed by atoms with Gasteiger partial charge in [0, 0.05) is 0 Å². The van der Waals surface area contributed by atoms with Crippen LogP contribution in [0.4, 0.5) is 0 Å². The van der Waals surface area contributed by atoms with Gasteiger partial charge < -0.3 is 0 Å². The summed E-state index contributed by atoms with van der Waals surface area (Å²) < 4.78 is 3.54. The Morgan fingerprint density at radius 1 is 0.455 bits per heavy atom. The van der Waals surface area contributed by atoms with Crippen LogP contribution in [0.5, 0.6) is 0 Å². The van der Waals surface area contributed by atoms with Gasteiger partial charge in [0.05, 0.1) is 0 Å². The number of rotatable bonds is 3. The molecule has 0 saturated heterocycles. The molecule has 0 spiro atoms. The minimum absolute atomic E-state index is 0.785. The van der Waals surface area contributed by atoms with Crippen molar-refractivity contribution in [1.29, 1.82) is 0 Å². The first kappa shape index (κ1) is 16.0. The van der Waals surface area contributed by atoms with Crippen LogP contribution in [0.15, 0.2) is 72.8 Å². The van der Waals surface area contributed by atoms with Crippen molar-refractivity contribution in [1.82, 2.24) is 0 Å². The molecule has 0 aliphatic carbocycles. The van der Waals surface area contributed by atoms with Crippen LogP contribution in [0, 0.1) is 0 Å². The molecule has 0 aliphatic heterocycles. The van der Waals surface area contributed by atoms with E-state index in [1.54, 1.807) is 0 Å². The Bertz CT molecular complexity index is 693. The zero-order chi connectivity index (χ0) is 15.5. The second kappa shape index (κ2) is 7.16. The fourth-order valence-corrected chi connectivity index (χ4v) is 11.1. The van der Waals surface area contributed by atoms with Crippen molar-refractivity contribution >= 4 is 63.4 Å². The summed E-state index contributed by atoms with van der Waals surface area (Å²) in [4.78, 5) is 0. The molecule has 0 unspecified atom stereocenters. The molecule has 108 valence electrons. The van der Waals surface area contributed by atoms with Gasteiger partial charge in [-0.15, -0.1) is 0 Å². The summed E-state index contributed by atoms with van der Waals surface area (Å²) in [6.45, 7) is 0. The first-order valence-corrected chi connectivity index (χ1v) is 11.7. The van der Waals surface area contributed by atoms with Crippen LogP contribution >= 0.6 is 34.8 Å². The fourth-order valence-electron chi connectivity index (χ4n) is 2.63. The number of hydrogen-bond acceptors (Lipinski definition) is 0. The van der Waals surface area contributed by atoms with E-state index in [1.165, 1.54) is 12.4 Å². The molecule has 4 heteroatoms. The van der Waals surface area contributed by atoms with E-state index in [9.17, 15) is 0 Å². The molecule has 0 radical (unpaired) electrons. The monoisotopic (exact) mass is 402 g/mol. The molecule has 0 aromatic heterocycles. The average Bonchev–Trinajstić information content (AvgIpc) is 2.53. The maximum atomic E-state index is 6.48. The van der Waals surface area contributed by atoms with Crippen LogP contribution < -0.4 is 12.4 Å². The Labute approximate surface area is 150 Å². The van der Waals surface area contributed by atoms with Crippen LogP contribution in [0.2, 0.25) is 15.1 Å². The van der Waals surface area contributed by atoms with Crippen molar-refractivity contribution in [3.05, 3.63) is 87.9 Å². The van der Waals surface area contributed by atoms with E-state index in [-0.39, 0.29) is 0 Å². The Morgan fingerprint density at radius 3 is 1.00 bits per heavy atom. The minimum atomic E-state index is -2.43. The fraction of sp³-hybridized carbons (Fsp3) is 0. The molecular weight excluding hydrogens is 392 g/mol. The second-order valence-electron chi connectivity index (χ2n) is 5.00. The molecule has 0 saturated carbocycles. The van der Waals surface area contributed by atoms with E-state index < -0.39 is 16.2 Å². The summed E-state index contributed by atoms with van der Waals surface area (Å²) in [5.41, 5.74) is 0. The molecule has 0 heterocycles.